The first kappa shape index (κ1) is 30.6. The summed E-state index contributed by atoms with van der Waals surface area (Å²) in [5, 5.41) is 10.1. The lowest BCUT2D eigenvalue weighted by Gasteiger charge is -2.34. The summed E-state index contributed by atoms with van der Waals surface area (Å²) >= 11 is 0. The highest BCUT2D eigenvalue weighted by molar-refractivity contribution is 6.20. The standard InChI is InChI=1S/C52H29N3O2/c1-2-15-35-30(11-1)25-27-37-36-18-7-12-31-13-9-21-42(46(31)36)55(50(35)37)33-26-28-34-32(29-33)14-8-19-38(34)52-53-48-40-17-4-6-23-44(40)57-51(48)49(54-52)41-20-10-24-45-47(41)39-16-3-5-22-43(39)56-45/h1-29H. The Morgan fingerprint density at radius 1 is 0.404 bits per heavy atom. The molecule has 0 atom stereocenters. The summed E-state index contributed by atoms with van der Waals surface area (Å²) in [5.74, 6) is 0.639. The van der Waals surface area contributed by atoms with Gasteiger partial charge in [0.05, 0.1) is 11.4 Å². The molecule has 5 nitrogen and oxygen atoms in total. The van der Waals surface area contributed by atoms with Crippen LogP contribution in [0.1, 0.15) is 0 Å². The number of furan rings is 2. The molecule has 0 saturated heterocycles. The third-order valence-electron chi connectivity index (χ3n) is 11.8. The molecular weight excluding hydrogens is 699 g/mol. The average molecular weight is 728 g/mol. The topological polar surface area (TPSA) is 55.3 Å². The fraction of sp³-hybridized carbons (Fsp3) is 0. The zero-order valence-electron chi connectivity index (χ0n) is 30.4. The van der Waals surface area contributed by atoms with Crippen molar-refractivity contribution in [1.29, 1.82) is 0 Å². The van der Waals surface area contributed by atoms with Crippen LogP contribution in [0, 0.1) is 0 Å². The molecule has 0 bridgehead atoms. The molecule has 0 amide bonds. The zero-order valence-corrected chi connectivity index (χ0v) is 30.4. The number of fused-ring (bicyclic) bond motifs is 11. The minimum absolute atomic E-state index is 0.639. The first-order valence-electron chi connectivity index (χ1n) is 19.2. The van der Waals surface area contributed by atoms with Gasteiger partial charge in [-0.25, -0.2) is 9.97 Å². The Kier molecular flexibility index (Phi) is 6.10. The molecule has 0 aliphatic carbocycles. The van der Waals surface area contributed by atoms with E-state index in [0.717, 1.165) is 71.7 Å². The van der Waals surface area contributed by atoms with Gasteiger partial charge in [-0.1, -0.05) is 133 Å². The molecule has 1 aliphatic heterocycles. The van der Waals surface area contributed by atoms with Crippen molar-refractivity contribution in [2.75, 3.05) is 4.90 Å². The zero-order chi connectivity index (χ0) is 37.2. The third kappa shape index (κ3) is 4.28. The van der Waals surface area contributed by atoms with E-state index in [-0.39, 0.29) is 0 Å². The summed E-state index contributed by atoms with van der Waals surface area (Å²) in [7, 11) is 0. The summed E-state index contributed by atoms with van der Waals surface area (Å²) in [5.41, 5.74) is 12.4. The van der Waals surface area contributed by atoms with Crippen LogP contribution >= 0.6 is 0 Å². The van der Waals surface area contributed by atoms with Gasteiger partial charge in [-0.05, 0) is 69.6 Å². The molecule has 0 radical (unpaired) electrons. The quantitative estimate of drug-likeness (QED) is 0.181. The maximum Gasteiger partial charge on any atom is 0.180 e. The van der Waals surface area contributed by atoms with Crippen molar-refractivity contribution >= 4 is 93.4 Å². The molecule has 0 N–H and O–H groups in total. The smallest absolute Gasteiger partial charge is 0.180 e. The van der Waals surface area contributed by atoms with Crippen LogP contribution in [-0.4, -0.2) is 9.97 Å². The van der Waals surface area contributed by atoms with Crippen molar-refractivity contribution in [3.05, 3.63) is 176 Å². The van der Waals surface area contributed by atoms with Crippen LogP contribution in [0.2, 0.25) is 0 Å². The van der Waals surface area contributed by atoms with Crippen molar-refractivity contribution in [2.24, 2.45) is 0 Å². The van der Waals surface area contributed by atoms with Crippen LogP contribution in [0.3, 0.4) is 0 Å². The number of benzene rings is 9. The summed E-state index contributed by atoms with van der Waals surface area (Å²) in [6, 6.07) is 62.1. The van der Waals surface area contributed by atoms with Gasteiger partial charge in [-0.2, -0.15) is 0 Å². The molecule has 57 heavy (non-hydrogen) atoms. The Bertz CT molecular complexity index is 3670. The molecule has 1 aliphatic rings. The monoisotopic (exact) mass is 727 g/mol. The first-order valence-corrected chi connectivity index (χ1v) is 19.2. The van der Waals surface area contributed by atoms with E-state index in [4.69, 9.17) is 18.8 Å². The molecular formula is C52H29N3O2. The van der Waals surface area contributed by atoms with E-state index >= 15 is 0 Å². The molecule has 3 aromatic heterocycles. The average Bonchev–Trinajstić information content (AvgIpc) is 3.85. The van der Waals surface area contributed by atoms with E-state index in [1.807, 2.05) is 48.5 Å². The van der Waals surface area contributed by atoms with Gasteiger partial charge >= 0.3 is 0 Å². The maximum atomic E-state index is 6.58. The second kappa shape index (κ2) is 11.4. The number of nitrogens with zero attached hydrogens (tertiary/aromatic N) is 3. The van der Waals surface area contributed by atoms with E-state index in [9.17, 15) is 0 Å². The highest BCUT2D eigenvalue weighted by Gasteiger charge is 2.28. The number of anilines is 3. The maximum absolute atomic E-state index is 6.58. The second-order valence-corrected chi connectivity index (χ2v) is 14.9. The minimum Gasteiger partial charge on any atom is -0.456 e. The van der Waals surface area contributed by atoms with Crippen LogP contribution in [-0.2, 0) is 0 Å². The highest BCUT2D eigenvalue weighted by atomic mass is 16.3. The number of aromatic nitrogens is 2. The van der Waals surface area contributed by atoms with Crippen molar-refractivity contribution in [3.8, 4) is 33.8 Å². The summed E-state index contributed by atoms with van der Waals surface area (Å²) in [6.45, 7) is 0. The van der Waals surface area contributed by atoms with Gasteiger partial charge in [0.1, 0.15) is 28.0 Å². The largest absolute Gasteiger partial charge is 0.456 e. The Morgan fingerprint density at radius 3 is 1.98 bits per heavy atom. The summed E-state index contributed by atoms with van der Waals surface area (Å²) in [4.78, 5) is 13.1. The number of para-hydroxylation sites is 2. The lowest BCUT2D eigenvalue weighted by atomic mass is 9.88. The van der Waals surface area contributed by atoms with Crippen molar-refractivity contribution in [2.45, 2.75) is 0 Å². The Labute approximate surface area is 325 Å². The fourth-order valence-electron chi connectivity index (χ4n) is 9.31. The Hall–Kier alpha value is -7.76. The summed E-state index contributed by atoms with van der Waals surface area (Å²) in [6.07, 6.45) is 0. The van der Waals surface area contributed by atoms with E-state index in [1.165, 1.54) is 44.0 Å². The van der Waals surface area contributed by atoms with E-state index < -0.39 is 0 Å². The van der Waals surface area contributed by atoms with Crippen molar-refractivity contribution in [3.63, 3.8) is 0 Å². The van der Waals surface area contributed by atoms with Crippen molar-refractivity contribution in [1.82, 2.24) is 9.97 Å². The Balaban J connectivity index is 1.05. The van der Waals surface area contributed by atoms with Gasteiger partial charge in [0.15, 0.2) is 11.4 Å². The lowest BCUT2D eigenvalue weighted by molar-refractivity contribution is 0.667. The van der Waals surface area contributed by atoms with Crippen LogP contribution in [0.4, 0.5) is 17.1 Å². The molecule has 5 heteroatoms. The number of hydrogen-bond donors (Lipinski definition) is 0. The minimum atomic E-state index is 0.639. The molecule has 0 unspecified atom stereocenters. The van der Waals surface area contributed by atoms with Crippen molar-refractivity contribution < 1.29 is 8.83 Å². The first-order chi connectivity index (χ1) is 28.3. The summed E-state index contributed by atoms with van der Waals surface area (Å²) < 4.78 is 12.9. The third-order valence-corrected chi connectivity index (χ3v) is 11.8. The van der Waals surface area contributed by atoms with Gasteiger partial charge in [-0.15, -0.1) is 0 Å². The molecule has 0 saturated carbocycles. The predicted molar refractivity (Wildman–Crippen MR) is 234 cm³/mol. The molecule has 0 fully saturated rings. The SMILES string of the molecule is c1cc(-c2nc(-c3cccc4oc5ccccc5c34)c3oc4ccccc4c3n2)c2ccc(N3c4c(ccc5ccccc45)-c4cccc5cccc3c45)cc2c1. The number of rotatable bonds is 3. The number of hydrogen-bond acceptors (Lipinski definition) is 5. The Morgan fingerprint density at radius 2 is 1.09 bits per heavy atom. The molecule has 13 rings (SSSR count). The highest BCUT2D eigenvalue weighted by Crippen LogP contribution is 2.53. The second-order valence-electron chi connectivity index (χ2n) is 14.9. The van der Waals surface area contributed by atoms with Gasteiger partial charge in [0.2, 0.25) is 0 Å². The van der Waals surface area contributed by atoms with E-state index in [2.05, 4.69) is 132 Å². The normalized spacial score (nSPS) is 12.5. The lowest BCUT2D eigenvalue weighted by Crippen LogP contribution is -2.15. The van der Waals surface area contributed by atoms with E-state index in [1.54, 1.807) is 0 Å². The van der Waals surface area contributed by atoms with E-state index in [0.29, 0.717) is 11.4 Å². The molecule has 264 valence electrons. The van der Waals surface area contributed by atoms with Gasteiger partial charge in [0, 0.05) is 49.3 Å². The molecule has 9 aromatic carbocycles. The van der Waals surface area contributed by atoms with Crippen LogP contribution in [0.25, 0.3) is 110 Å². The van der Waals surface area contributed by atoms with Gasteiger partial charge in [-0.3, -0.25) is 0 Å². The molecule has 0 spiro atoms. The van der Waals surface area contributed by atoms with Crippen LogP contribution in [0.15, 0.2) is 185 Å². The van der Waals surface area contributed by atoms with Crippen LogP contribution < -0.4 is 4.90 Å². The van der Waals surface area contributed by atoms with Crippen LogP contribution in [0.5, 0.6) is 0 Å². The molecule has 12 aromatic rings. The fourth-order valence-corrected chi connectivity index (χ4v) is 9.31. The predicted octanol–water partition coefficient (Wildman–Crippen LogP) is 14.5. The van der Waals surface area contributed by atoms with Gasteiger partial charge in [0.25, 0.3) is 0 Å². The van der Waals surface area contributed by atoms with Gasteiger partial charge < -0.3 is 13.7 Å². The molecule has 4 heterocycles.